The molecule has 0 saturated carbocycles. The number of nitro groups is 1. The lowest BCUT2D eigenvalue weighted by Gasteiger charge is -1.95. The van der Waals surface area contributed by atoms with E-state index in [2.05, 4.69) is 11.2 Å². The molecule has 0 aliphatic rings. The van der Waals surface area contributed by atoms with Gasteiger partial charge in [-0.05, 0) is 20.3 Å². The summed E-state index contributed by atoms with van der Waals surface area (Å²) in [6.07, 6.45) is 0. The van der Waals surface area contributed by atoms with E-state index >= 15 is 0 Å². The number of nitro benzene ring substituents is 1. The van der Waals surface area contributed by atoms with Crippen LogP contribution in [0, 0.1) is 21.3 Å². The maximum absolute atomic E-state index is 10.4. The Balaban J connectivity index is 0.00000106. The first-order chi connectivity index (χ1) is 7.65. The summed E-state index contributed by atoms with van der Waals surface area (Å²) in [5, 5.41) is 22.4. The first kappa shape index (κ1) is 15.1. The highest BCUT2D eigenvalue weighted by atomic mass is 127. The normalized spacial score (nSPS) is 8.19. The number of halogens is 1. The lowest BCUT2D eigenvalue weighted by atomic mass is 10.2. The molecule has 6 heteroatoms. The molecule has 0 bridgehead atoms. The first-order valence-electron chi connectivity index (χ1n) is 4.41. The number of aromatic hydroxyl groups is 1. The molecular formula is C10H10INO3S. The predicted octanol–water partition coefficient (Wildman–Crippen LogP) is 3.72. The molecule has 86 valence electrons. The molecule has 4 nitrogen and oxygen atoms in total. The van der Waals surface area contributed by atoms with Crippen molar-refractivity contribution in [1.82, 2.24) is 0 Å². The van der Waals surface area contributed by atoms with Crippen molar-refractivity contribution >= 4 is 35.8 Å². The summed E-state index contributed by atoms with van der Waals surface area (Å²) in [4.78, 5) is 9.88. The SMILES string of the molecule is CC.O=[N+]([O-])c1ccc(O)c(C#CSI)c1. The van der Waals surface area contributed by atoms with Crippen LogP contribution in [0.5, 0.6) is 5.75 Å². The van der Waals surface area contributed by atoms with Crippen LogP contribution in [0.3, 0.4) is 0 Å². The number of hydrogen-bond acceptors (Lipinski definition) is 4. The van der Waals surface area contributed by atoms with Crippen LogP contribution in [0.15, 0.2) is 18.2 Å². The zero-order valence-corrected chi connectivity index (χ0v) is 11.7. The Morgan fingerprint density at radius 3 is 2.62 bits per heavy atom. The van der Waals surface area contributed by atoms with Crippen molar-refractivity contribution in [3.63, 3.8) is 0 Å². The molecule has 1 N–H and O–H groups in total. The maximum atomic E-state index is 10.4. The number of rotatable bonds is 1. The smallest absolute Gasteiger partial charge is 0.270 e. The Kier molecular flexibility index (Phi) is 7.76. The van der Waals surface area contributed by atoms with Crippen molar-refractivity contribution in [2.24, 2.45) is 0 Å². The zero-order valence-electron chi connectivity index (χ0n) is 8.73. The van der Waals surface area contributed by atoms with Gasteiger partial charge in [0.05, 0.1) is 10.5 Å². The molecule has 1 rings (SSSR count). The molecule has 0 aromatic heterocycles. The third-order valence-corrected chi connectivity index (χ3v) is 2.26. The highest BCUT2D eigenvalue weighted by Gasteiger charge is 2.08. The summed E-state index contributed by atoms with van der Waals surface area (Å²) >= 11 is 1.98. The molecular weight excluding hydrogens is 341 g/mol. The van der Waals surface area contributed by atoms with Gasteiger partial charge in [0.15, 0.2) is 0 Å². The molecule has 16 heavy (non-hydrogen) atoms. The van der Waals surface area contributed by atoms with E-state index in [0.29, 0.717) is 0 Å². The van der Waals surface area contributed by atoms with Crippen LogP contribution >= 0.6 is 30.1 Å². The van der Waals surface area contributed by atoms with Crippen LogP contribution in [-0.2, 0) is 0 Å². The topological polar surface area (TPSA) is 63.4 Å². The number of phenols is 1. The molecule has 0 amide bonds. The number of benzene rings is 1. The van der Waals surface area contributed by atoms with Crippen molar-refractivity contribution in [2.45, 2.75) is 13.8 Å². The quantitative estimate of drug-likeness (QED) is 0.363. The van der Waals surface area contributed by atoms with Crippen LogP contribution in [0.2, 0.25) is 0 Å². The number of nitrogens with zero attached hydrogens (tertiary/aromatic N) is 1. The summed E-state index contributed by atoms with van der Waals surface area (Å²) < 4.78 is 0. The third kappa shape index (κ3) is 4.72. The largest absolute Gasteiger partial charge is 0.507 e. The van der Waals surface area contributed by atoms with Crippen molar-refractivity contribution in [1.29, 1.82) is 0 Å². The van der Waals surface area contributed by atoms with Crippen molar-refractivity contribution in [3.8, 4) is 16.9 Å². The minimum Gasteiger partial charge on any atom is -0.507 e. The fourth-order valence-electron chi connectivity index (χ4n) is 0.812. The Bertz CT molecular complexity index is 426. The van der Waals surface area contributed by atoms with E-state index in [1.807, 2.05) is 35.1 Å². The summed E-state index contributed by atoms with van der Waals surface area (Å²) in [5.41, 5.74) is 0.189. The van der Waals surface area contributed by atoms with Gasteiger partial charge in [-0.1, -0.05) is 19.8 Å². The Labute approximate surface area is 110 Å². The molecule has 0 aliphatic heterocycles. The standard InChI is InChI=1S/C8H4INO3S.C2H6/c9-14-4-3-6-5-7(10(12)13)1-2-8(6)11;1-2/h1-2,5,11H;1-2H3. The molecule has 0 atom stereocenters. The molecule has 1 aromatic carbocycles. The van der Waals surface area contributed by atoms with Gasteiger partial charge in [0.1, 0.15) is 5.75 Å². The average Bonchev–Trinajstić information content (AvgIpc) is 2.30. The van der Waals surface area contributed by atoms with Crippen LogP contribution in [0.4, 0.5) is 5.69 Å². The van der Waals surface area contributed by atoms with E-state index in [9.17, 15) is 15.2 Å². The van der Waals surface area contributed by atoms with Gasteiger partial charge in [-0.25, -0.2) is 0 Å². The highest BCUT2D eigenvalue weighted by Crippen LogP contribution is 2.22. The number of phenolic OH excluding ortho intramolecular Hbond substituents is 1. The van der Waals surface area contributed by atoms with E-state index in [-0.39, 0.29) is 17.0 Å². The van der Waals surface area contributed by atoms with Crippen molar-refractivity contribution in [2.75, 3.05) is 0 Å². The highest BCUT2D eigenvalue weighted by molar-refractivity contribution is 14.2. The molecule has 0 radical (unpaired) electrons. The average molecular weight is 351 g/mol. The van der Waals surface area contributed by atoms with Gasteiger partial charge in [-0.2, -0.15) is 0 Å². The molecule has 0 saturated heterocycles. The summed E-state index contributed by atoms with van der Waals surface area (Å²) in [7, 11) is 1.25. The lowest BCUT2D eigenvalue weighted by Crippen LogP contribution is -1.88. The van der Waals surface area contributed by atoms with Gasteiger partial charge in [0.2, 0.25) is 0 Å². The Morgan fingerprint density at radius 1 is 1.50 bits per heavy atom. The van der Waals surface area contributed by atoms with Crippen molar-refractivity contribution < 1.29 is 10.0 Å². The second kappa shape index (κ2) is 8.24. The molecule has 0 aliphatic carbocycles. The van der Waals surface area contributed by atoms with E-state index in [1.54, 1.807) is 0 Å². The summed E-state index contributed by atoms with van der Waals surface area (Å²) in [6, 6.07) is 3.74. The second-order valence-corrected chi connectivity index (χ2v) is 3.94. The van der Waals surface area contributed by atoms with Crippen LogP contribution < -0.4 is 0 Å². The first-order valence-corrected chi connectivity index (χ1v) is 7.77. The van der Waals surface area contributed by atoms with E-state index in [1.165, 1.54) is 27.1 Å². The lowest BCUT2D eigenvalue weighted by molar-refractivity contribution is -0.384. The predicted molar refractivity (Wildman–Crippen MR) is 74.6 cm³/mol. The van der Waals surface area contributed by atoms with Gasteiger partial charge in [0, 0.05) is 33.3 Å². The number of hydrogen-bond donors (Lipinski definition) is 1. The minimum atomic E-state index is -0.526. The Hall–Kier alpha value is -0.940. The summed E-state index contributed by atoms with van der Waals surface area (Å²) in [5.74, 6) is 2.56. The fraction of sp³-hybridized carbons (Fsp3) is 0.200. The third-order valence-electron chi connectivity index (χ3n) is 1.42. The molecule has 0 heterocycles. The van der Waals surface area contributed by atoms with Crippen LogP contribution in [0.25, 0.3) is 0 Å². The van der Waals surface area contributed by atoms with Crippen LogP contribution in [0.1, 0.15) is 19.4 Å². The zero-order chi connectivity index (χ0) is 12.6. The maximum Gasteiger partial charge on any atom is 0.270 e. The molecule has 1 aromatic rings. The fourth-order valence-corrected chi connectivity index (χ4v) is 1.29. The Morgan fingerprint density at radius 2 is 2.12 bits per heavy atom. The summed E-state index contributed by atoms with van der Waals surface area (Å²) in [6.45, 7) is 4.00. The van der Waals surface area contributed by atoms with E-state index in [4.69, 9.17) is 0 Å². The molecule has 0 fully saturated rings. The molecule has 0 spiro atoms. The van der Waals surface area contributed by atoms with Crippen LogP contribution in [-0.4, -0.2) is 10.0 Å². The van der Waals surface area contributed by atoms with Crippen molar-refractivity contribution in [3.05, 3.63) is 33.9 Å². The van der Waals surface area contributed by atoms with Gasteiger partial charge in [-0.3, -0.25) is 10.1 Å². The molecule has 0 unspecified atom stereocenters. The van der Waals surface area contributed by atoms with Gasteiger partial charge < -0.3 is 5.11 Å². The monoisotopic (exact) mass is 351 g/mol. The van der Waals surface area contributed by atoms with E-state index in [0.717, 1.165) is 0 Å². The second-order valence-electron chi connectivity index (χ2n) is 2.26. The number of non-ortho nitro benzene ring substituents is 1. The van der Waals surface area contributed by atoms with Gasteiger partial charge in [-0.15, -0.1) is 0 Å². The van der Waals surface area contributed by atoms with E-state index < -0.39 is 4.92 Å². The van der Waals surface area contributed by atoms with Gasteiger partial charge in [0.25, 0.3) is 5.69 Å². The van der Waals surface area contributed by atoms with Gasteiger partial charge >= 0.3 is 0 Å². The minimum absolute atomic E-state index is 0.0476.